The number of rotatable bonds is 13. The topological polar surface area (TPSA) is 80.3 Å². The summed E-state index contributed by atoms with van der Waals surface area (Å²) in [6, 6.07) is 14.9. The maximum Gasteiger partial charge on any atom is 0.246 e. The lowest BCUT2D eigenvalue weighted by atomic mass is 9.99. The standard InChI is InChI=1S/C24H31N3O5/c1-3-4-6-11-20(15-26(17-28)32-16-19-9-7-5-8-10-19)24(29)27(25-2)21-12-13-22-23(14-21)31-18-30-22/h5,7-10,12-14,17,20,25H,3-4,6,11,15-16,18H2,1-2H3. The number of benzene rings is 2. The number of carbonyl (C=O) groups excluding carboxylic acids is 2. The Balaban J connectivity index is 1.71. The van der Waals surface area contributed by atoms with Crippen LogP contribution in [0.1, 0.15) is 38.2 Å². The van der Waals surface area contributed by atoms with Gasteiger partial charge in [-0.1, -0.05) is 56.5 Å². The van der Waals surface area contributed by atoms with Crippen LogP contribution in [0, 0.1) is 5.92 Å². The lowest BCUT2D eigenvalue weighted by molar-refractivity contribution is -0.182. The number of anilines is 1. The molecule has 2 aromatic rings. The van der Waals surface area contributed by atoms with E-state index in [0.29, 0.717) is 30.0 Å². The molecule has 0 saturated heterocycles. The van der Waals surface area contributed by atoms with Gasteiger partial charge in [0.2, 0.25) is 19.1 Å². The van der Waals surface area contributed by atoms with Crippen LogP contribution in [0.15, 0.2) is 48.5 Å². The summed E-state index contributed by atoms with van der Waals surface area (Å²) in [5, 5.41) is 2.70. The Kier molecular flexibility index (Phi) is 8.89. The molecule has 1 aliphatic heterocycles. The molecule has 1 atom stereocenters. The minimum atomic E-state index is -0.430. The van der Waals surface area contributed by atoms with E-state index in [1.165, 1.54) is 10.1 Å². The van der Waals surface area contributed by atoms with Crippen molar-refractivity contribution in [3.8, 4) is 11.5 Å². The number of amides is 2. The maximum atomic E-state index is 13.5. The zero-order valence-corrected chi connectivity index (χ0v) is 18.7. The average Bonchev–Trinajstić information content (AvgIpc) is 3.30. The fraction of sp³-hybridized carbons (Fsp3) is 0.417. The molecule has 32 heavy (non-hydrogen) atoms. The van der Waals surface area contributed by atoms with Crippen molar-refractivity contribution in [1.29, 1.82) is 0 Å². The largest absolute Gasteiger partial charge is 0.454 e. The molecular weight excluding hydrogens is 410 g/mol. The number of nitrogens with zero attached hydrogens (tertiary/aromatic N) is 2. The van der Waals surface area contributed by atoms with Crippen LogP contribution in [-0.2, 0) is 21.0 Å². The molecule has 2 amide bonds. The van der Waals surface area contributed by atoms with E-state index in [2.05, 4.69) is 12.3 Å². The highest BCUT2D eigenvalue weighted by Crippen LogP contribution is 2.35. The first-order valence-electron chi connectivity index (χ1n) is 11.0. The zero-order valence-electron chi connectivity index (χ0n) is 18.7. The number of hydroxylamine groups is 2. The first-order valence-corrected chi connectivity index (χ1v) is 11.0. The van der Waals surface area contributed by atoms with E-state index < -0.39 is 5.92 Å². The minimum absolute atomic E-state index is 0.141. The van der Waals surface area contributed by atoms with Crippen molar-refractivity contribution in [2.24, 2.45) is 5.92 Å². The van der Waals surface area contributed by atoms with Gasteiger partial charge in [0.25, 0.3) is 0 Å². The van der Waals surface area contributed by atoms with E-state index >= 15 is 0 Å². The second-order valence-electron chi connectivity index (χ2n) is 7.59. The molecule has 0 radical (unpaired) electrons. The van der Waals surface area contributed by atoms with Gasteiger partial charge in [-0.2, -0.15) is 0 Å². The van der Waals surface area contributed by atoms with Crippen molar-refractivity contribution in [3.63, 3.8) is 0 Å². The van der Waals surface area contributed by atoms with Gasteiger partial charge in [0.05, 0.1) is 18.2 Å². The number of ether oxygens (including phenoxy) is 2. The summed E-state index contributed by atoms with van der Waals surface area (Å²) < 4.78 is 10.8. The predicted octanol–water partition coefficient (Wildman–Crippen LogP) is 3.67. The van der Waals surface area contributed by atoms with Gasteiger partial charge >= 0.3 is 0 Å². The van der Waals surface area contributed by atoms with Crippen LogP contribution >= 0.6 is 0 Å². The van der Waals surface area contributed by atoms with Crippen LogP contribution in [0.4, 0.5) is 5.69 Å². The molecular formula is C24H31N3O5. The summed E-state index contributed by atoms with van der Waals surface area (Å²) in [6.07, 6.45) is 4.22. The monoisotopic (exact) mass is 441 g/mol. The molecule has 0 aromatic heterocycles. The van der Waals surface area contributed by atoms with Crippen molar-refractivity contribution >= 4 is 18.0 Å². The van der Waals surface area contributed by atoms with Gasteiger partial charge in [-0.25, -0.2) is 15.5 Å². The SMILES string of the molecule is CCCCCC(CN(C=O)OCc1ccccc1)C(=O)N(NC)c1ccc2c(c1)OCO2. The Morgan fingerprint density at radius 2 is 1.94 bits per heavy atom. The summed E-state index contributed by atoms with van der Waals surface area (Å²) in [5.74, 6) is 0.676. The Labute approximate surface area is 189 Å². The molecule has 0 bridgehead atoms. The van der Waals surface area contributed by atoms with E-state index in [4.69, 9.17) is 14.3 Å². The highest BCUT2D eigenvalue weighted by Gasteiger charge is 2.28. The third-order valence-corrected chi connectivity index (χ3v) is 5.32. The molecule has 172 valence electrons. The van der Waals surface area contributed by atoms with Crippen molar-refractivity contribution < 1.29 is 23.9 Å². The molecule has 0 spiro atoms. The lowest BCUT2D eigenvalue weighted by Crippen LogP contribution is -2.47. The quantitative estimate of drug-likeness (QED) is 0.290. The third kappa shape index (κ3) is 6.21. The van der Waals surface area contributed by atoms with Crippen LogP contribution in [0.25, 0.3) is 0 Å². The van der Waals surface area contributed by atoms with Crippen molar-refractivity contribution in [3.05, 3.63) is 54.1 Å². The van der Waals surface area contributed by atoms with Crippen molar-refractivity contribution in [2.75, 3.05) is 25.4 Å². The van der Waals surface area contributed by atoms with Gasteiger partial charge in [0, 0.05) is 13.1 Å². The molecule has 1 heterocycles. The Morgan fingerprint density at radius 1 is 1.16 bits per heavy atom. The molecule has 1 unspecified atom stereocenters. The van der Waals surface area contributed by atoms with Crippen LogP contribution in [0.5, 0.6) is 11.5 Å². The summed E-state index contributed by atoms with van der Waals surface area (Å²) in [5.41, 5.74) is 4.56. The van der Waals surface area contributed by atoms with Gasteiger partial charge < -0.3 is 9.47 Å². The average molecular weight is 442 g/mol. The molecule has 0 saturated carbocycles. The van der Waals surface area contributed by atoms with Gasteiger partial charge in [-0.05, 0) is 24.1 Å². The van der Waals surface area contributed by atoms with Crippen LogP contribution in [0.3, 0.4) is 0 Å². The molecule has 1 aliphatic rings. The molecule has 1 N–H and O–H groups in total. The van der Waals surface area contributed by atoms with E-state index in [1.54, 1.807) is 25.2 Å². The number of fused-ring (bicyclic) bond motifs is 1. The Hall–Kier alpha value is -3.10. The number of carbonyl (C=O) groups is 2. The van der Waals surface area contributed by atoms with Crippen LogP contribution in [-0.4, -0.2) is 37.8 Å². The Bertz CT molecular complexity index is 877. The van der Waals surface area contributed by atoms with Crippen LogP contribution < -0.4 is 19.9 Å². The molecule has 3 rings (SSSR count). The molecule has 8 heteroatoms. The van der Waals surface area contributed by atoms with E-state index in [9.17, 15) is 9.59 Å². The first kappa shape index (κ1) is 23.6. The number of hydrazine groups is 1. The number of nitrogens with one attached hydrogen (secondary N) is 1. The second-order valence-corrected chi connectivity index (χ2v) is 7.59. The highest BCUT2D eigenvalue weighted by molar-refractivity contribution is 5.94. The van der Waals surface area contributed by atoms with Crippen molar-refractivity contribution in [1.82, 2.24) is 10.5 Å². The summed E-state index contributed by atoms with van der Waals surface area (Å²) >= 11 is 0. The summed E-state index contributed by atoms with van der Waals surface area (Å²) in [7, 11) is 1.69. The first-order chi connectivity index (χ1) is 15.7. The van der Waals surface area contributed by atoms with Gasteiger partial charge in [0.1, 0.15) is 6.61 Å². The molecule has 8 nitrogen and oxygen atoms in total. The van der Waals surface area contributed by atoms with E-state index in [0.717, 1.165) is 24.8 Å². The van der Waals surface area contributed by atoms with E-state index in [-0.39, 0.29) is 25.9 Å². The van der Waals surface area contributed by atoms with Crippen molar-refractivity contribution in [2.45, 2.75) is 39.2 Å². The fourth-order valence-electron chi connectivity index (χ4n) is 3.58. The summed E-state index contributed by atoms with van der Waals surface area (Å²) in [4.78, 5) is 30.9. The smallest absolute Gasteiger partial charge is 0.246 e. The van der Waals surface area contributed by atoms with Gasteiger partial charge in [-0.15, -0.1) is 0 Å². The molecule has 0 aliphatic carbocycles. The number of hydrogen-bond donors (Lipinski definition) is 1. The summed E-state index contributed by atoms with van der Waals surface area (Å²) in [6.45, 7) is 2.71. The predicted molar refractivity (Wildman–Crippen MR) is 121 cm³/mol. The maximum absolute atomic E-state index is 13.5. The Morgan fingerprint density at radius 3 is 2.66 bits per heavy atom. The second kappa shape index (κ2) is 12.1. The van der Waals surface area contributed by atoms with Crippen LogP contribution in [0.2, 0.25) is 0 Å². The minimum Gasteiger partial charge on any atom is -0.454 e. The lowest BCUT2D eigenvalue weighted by Gasteiger charge is -2.29. The highest BCUT2D eigenvalue weighted by atomic mass is 16.7. The number of unbranched alkanes of at least 4 members (excludes halogenated alkanes) is 2. The third-order valence-electron chi connectivity index (χ3n) is 5.32. The molecule has 2 aromatic carbocycles. The van der Waals surface area contributed by atoms with Gasteiger partial charge in [-0.3, -0.25) is 14.4 Å². The van der Waals surface area contributed by atoms with E-state index in [1.807, 2.05) is 30.3 Å². The fourth-order valence-corrected chi connectivity index (χ4v) is 3.58. The number of hydrogen-bond acceptors (Lipinski definition) is 6. The van der Waals surface area contributed by atoms with Gasteiger partial charge in [0.15, 0.2) is 11.5 Å². The molecule has 0 fully saturated rings. The normalized spacial score (nSPS) is 12.9. The zero-order chi connectivity index (χ0) is 22.8.